The normalized spacial score (nSPS) is 16.2. The summed E-state index contributed by atoms with van der Waals surface area (Å²) in [6, 6.07) is 8.92. The van der Waals surface area contributed by atoms with Gasteiger partial charge in [0.1, 0.15) is 16.7 Å². The number of halogens is 1. The summed E-state index contributed by atoms with van der Waals surface area (Å²) in [4.78, 5) is 37.7. The molecule has 32 heavy (non-hydrogen) atoms. The summed E-state index contributed by atoms with van der Waals surface area (Å²) in [5.41, 5.74) is 0.634. The molecule has 1 aliphatic heterocycles. The number of hydrogen-bond donors (Lipinski definition) is 1. The smallest absolute Gasteiger partial charge is 0.254 e. The molecule has 0 saturated carbocycles. The first-order valence-corrected chi connectivity index (χ1v) is 11.8. The lowest BCUT2D eigenvalue weighted by molar-refractivity contribution is -0.119. The number of ether oxygens (including phenoxy) is 1. The molecule has 1 saturated heterocycles. The average Bonchev–Trinajstić information content (AvgIpc) is 2.76. The number of piperazine rings is 1. The van der Waals surface area contributed by atoms with E-state index < -0.39 is 0 Å². The van der Waals surface area contributed by atoms with E-state index in [0.717, 1.165) is 5.75 Å². The minimum atomic E-state index is -0.0746. The summed E-state index contributed by atoms with van der Waals surface area (Å²) in [5.74, 6) is 1.55. The molecular weight excluding hydrogens is 450 g/mol. The van der Waals surface area contributed by atoms with Crippen LogP contribution in [0.15, 0.2) is 35.5 Å². The van der Waals surface area contributed by atoms with Gasteiger partial charge in [-0.1, -0.05) is 23.4 Å². The van der Waals surface area contributed by atoms with Gasteiger partial charge in [-0.2, -0.15) is 0 Å². The summed E-state index contributed by atoms with van der Waals surface area (Å²) >= 11 is 7.47. The van der Waals surface area contributed by atoms with E-state index in [0.29, 0.717) is 41.3 Å². The molecule has 1 aromatic heterocycles. The van der Waals surface area contributed by atoms with Crippen molar-refractivity contribution < 1.29 is 14.3 Å². The van der Waals surface area contributed by atoms with Crippen molar-refractivity contribution in [3.8, 4) is 5.75 Å². The van der Waals surface area contributed by atoms with Crippen LogP contribution in [0.2, 0.25) is 5.15 Å². The number of carbonyl (C=O) groups is 2. The number of hydrogen-bond acceptors (Lipinski definition) is 7. The highest BCUT2D eigenvalue weighted by molar-refractivity contribution is 7.99. The van der Waals surface area contributed by atoms with Crippen molar-refractivity contribution in [1.82, 2.24) is 20.2 Å². The fraction of sp³-hybridized carbons (Fsp3) is 0.455. The summed E-state index contributed by atoms with van der Waals surface area (Å²) in [7, 11) is 1.60. The Labute approximate surface area is 197 Å². The van der Waals surface area contributed by atoms with Crippen molar-refractivity contribution >= 4 is 41.0 Å². The molecule has 172 valence electrons. The van der Waals surface area contributed by atoms with Gasteiger partial charge in [0.05, 0.1) is 12.9 Å². The van der Waals surface area contributed by atoms with E-state index in [-0.39, 0.29) is 29.7 Å². The number of benzene rings is 1. The standard InChI is InChI=1S/C22H28ClN5O3S/c1-14(2)24-20(29)13-32-22-25-18(23)11-19(26-22)27-9-10-28(15(3)12-27)21(30)16-5-7-17(31-4)8-6-16/h5-8,11,14-15H,9-10,12-13H2,1-4H3,(H,24,29). The van der Waals surface area contributed by atoms with Crippen molar-refractivity contribution in [2.75, 3.05) is 37.4 Å². The maximum absolute atomic E-state index is 13.0. The number of nitrogens with zero attached hydrogens (tertiary/aromatic N) is 4. The van der Waals surface area contributed by atoms with Gasteiger partial charge in [0, 0.05) is 43.3 Å². The zero-order valence-corrected chi connectivity index (χ0v) is 20.2. The minimum Gasteiger partial charge on any atom is -0.497 e. The predicted molar refractivity (Wildman–Crippen MR) is 127 cm³/mol. The Morgan fingerprint density at radius 3 is 2.59 bits per heavy atom. The van der Waals surface area contributed by atoms with Crippen LogP contribution in [-0.4, -0.2) is 71.3 Å². The molecule has 1 unspecified atom stereocenters. The van der Waals surface area contributed by atoms with Gasteiger partial charge in [0.15, 0.2) is 5.16 Å². The molecule has 0 bridgehead atoms. The van der Waals surface area contributed by atoms with Gasteiger partial charge >= 0.3 is 0 Å². The first kappa shape index (κ1) is 24.1. The van der Waals surface area contributed by atoms with Crippen LogP contribution in [0, 0.1) is 0 Å². The van der Waals surface area contributed by atoms with E-state index in [1.807, 2.05) is 25.7 Å². The summed E-state index contributed by atoms with van der Waals surface area (Å²) in [5, 5.41) is 3.62. The van der Waals surface area contributed by atoms with Crippen LogP contribution in [0.3, 0.4) is 0 Å². The molecule has 0 radical (unpaired) electrons. The number of anilines is 1. The third-order valence-electron chi connectivity index (χ3n) is 4.99. The summed E-state index contributed by atoms with van der Waals surface area (Å²) < 4.78 is 5.17. The quantitative estimate of drug-likeness (QED) is 0.372. The van der Waals surface area contributed by atoms with E-state index in [4.69, 9.17) is 16.3 Å². The van der Waals surface area contributed by atoms with Crippen LogP contribution in [0.5, 0.6) is 5.75 Å². The van der Waals surface area contributed by atoms with Crippen LogP contribution in [0.4, 0.5) is 5.82 Å². The topological polar surface area (TPSA) is 87.7 Å². The van der Waals surface area contributed by atoms with Crippen molar-refractivity contribution in [3.63, 3.8) is 0 Å². The predicted octanol–water partition coefficient (Wildman–Crippen LogP) is 3.11. The second-order valence-corrected chi connectivity index (χ2v) is 9.19. The van der Waals surface area contributed by atoms with Gasteiger partial charge in [0.25, 0.3) is 5.91 Å². The monoisotopic (exact) mass is 477 g/mol. The zero-order valence-electron chi connectivity index (χ0n) is 18.7. The SMILES string of the molecule is COc1ccc(C(=O)N2CCN(c3cc(Cl)nc(SCC(=O)NC(C)C)n3)CC2C)cc1. The zero-order chi connectivity index (χ0) is 23.3. The number of thioether (sulfide) groups is 1. The summed E-state index contributed by atoms with van der Waals surface area (Å²) in [6.07, 6.45) is 0. The Balaban J connectivity index is 1.64. The molecule has 1 fully saturated rings. The average molecular weight is 478 g/mol. The fourth-order valence-corrected chi connectivity index (χ4v) is 4.36. The van der Waals surface area contributed by atoms with Crippen LogP contribution >= 0.6 is 23.4 Å². The van der Waals surface area contributed by atoms with Crippen LogP contribution < -0.4 is 15.0 Å². The van der Waals surface area contributed by atoms with E-state index in [1.54, 1.807) is 37.4 Å². The number of methoxy groups -OCH3 is 1. The van der Waals surface area contributed by atoms with Gasteiger partial charge in [0.2, 0.25) is 5.91 Å². The molecule has 0 spiro atoms. The van der Waals surface area contributed by atoms with Gasteiger partial charge in [-0.3, -0.25) is 9.59 Å². The Morgan fingerprint density at radius 2 is 1.97 bits per heavy atom. The van der Waals surface area contributed by atoms with Crippen LogP contribution in [-0.2, 0) is 4.79 Å². The minimum absolute atomic E-state index is 0.00654. The lowest BCUT2D eigenvalue weighted by Gasteiger charge is -2.40. The third kappa shape index (κ3) is 6.26. The van der Waals surface area contributed by atoms with Crippen molar-refractivity contribution in [2.45, 2.75) is 38.0 Å². The number of amides is 2. The molecule has 0 aliphatic carbocycles. The van der Waals surface area contributed by atoms with E-state index in [2.05, 4.69) is 20.2 Å². The van der Waals surface area contributed by atoms with E-state index >= 15 is 0 Å². The van der Waals surface area contributed by atoms with Crippen molar-refractivity contribution in [1.29, 1.82) is 0 Å². The van der Waals surface area contributed by atoms with Crippen LogP contribution in [0.1, 0.15) is 31.1 Å². The first-order chi connectivity index (χ1) is 15.3. The number of nitrogens with one attached hydrogen (secondary N) is 1. The maximum atomic E-state index is 13.0. The van der Waals surface area contributed by atoms with Gasteiger partial charge in [-0.15, -0.1) is 0 Å². The molecular formula is C22H28ClN5O3S. The first-order valence-electron chi connectivity index (χ1n) is 10.4. The number of rotatable bonds is 7. The Bertz CT molecular complexity index is 957. The lowest BCUT2D eigenvalue weighted by atomic mass is 10.1. The molecule has 8 nitrogen and oxygen atoms in total. The van der Waals surface area contributed by atoms with E-state index in [9.17, 15) is 9.59 Å². The molecule has 1 N–H and O–H groups in total. The third-order valence-corrected chi connectivity index (χ3v) is 6.03. The second kappa shape index (κ2) is 10.9. The highest BCUT2D eigenvalue weighted by atomic mass is 35.5. The largest absolute Gasteiger partial charge is 0.497 e. The lowest BCUT2D eigenvalue weighted by Crippen LogP contribution is -2.54. The highest BCUT2D eigenvalue weighted by Crippen LogP contribution is 2.25. The molecule has 2 aromatic rings. The molecule has 1 aromatic carbocycles. The molecule has 2 heterocycles. The van der Waals surface area contributed by atoms with Crippen molar-refractivity contribution in [2.24, 2.45) is 0 Å². The molecule has 1 aliphatic rings. The Kier molecular flexibility index (Phi) is 8.20. The van der Waals surface area contributed by atoms with Gasteiger partial charge in [-0.05, 0) is 45.0 Å². The fourth-order valence-electron chi connectivity index (χ4n) is 3.47. The van der Waals surface area contributed by atoms with Crippen molar-refractivity contribution in [3.05, 3.63) is 41.0 Å². The number of carbonyl (C=O) groups excluding carboxylic acids is 2. The van der Waals surface area contributed by atoms with E-state index in [1.165, 1.54) is 11.8 Å². The maximum Gasteiger partial charge on any atom is 0.254 e. The van der Waals surface area contributed by atoms with Gasteiger partial charge in [-0.25, -0.2) is 9.97 Å². The molecule has 10 heteroatoms. The Hall–Kier alpha value is -2.52. The Morgan fingerprint density at radius 1 is 1.25 bits per heavy atom. The second-order valence-electron chi connectivity index (χ2n) is 7.86. The molecule has 2 amide bonds. The number of aromatic nitrogens is 2. The van der Waals surface area contributed by atoms with Crippen LogP contribution in [0.25, 0.3) is 0 Å². The highest BCUT2D eigenvalue weighted by Gasteiger charge is 2.29. The molecule has 3 rings (SSSR count). The van der Waals surface area contributed by atoms with Gasteiger partial charge < -0.3 is 19.9 Å². The summed E-state index contributed by atoms with van der Waals surface area (Å²) in [6.45, 7) is 7.65. The molecule has 1 atom stereocenters.